The Labute approximate surface area is 114 Å². The predicted octanol–water partition coefficient (Wildman–Crippen LogP) is 0.981. The van der Waals surface area contributed by atoms with E-state index >= 15 is 0 Å². The maximum atomic E-state index is 11.8. The topological polar surface area (TPSA) is 104 Å². The van der Waals surface area contributed by atoms with Crippen LogP contribution in [0.15, 0.2) is 41.5 Å². The van der Waals surface area contributed by atoms with Crippen LogP contribution in [-0.4, -0.2) is 21.8 Å². The molecule has 0 spiro atoms. The van der Waals surface area contributed by atoms with E-state index in [1.165, 1.54) is 6.92 Å². The predicted molar refractivity (Wildman–Crippen MR) is 73.6 cm³/mol. The van der Waals surface area contributed by atoms with Crippen LogP contribution < -0.4 is 16.2 Å². The van der Waals surface area contributed by atoms with E-state index < -0.39 is 11.5 Å². The number of rotatable bonds is 3. The van der Waals surface area contributed by atoms with E-state index in [2.05, 4.69) is 20.6 Å². The lowest BCUT2D eigenvalue weighted by molar-refractivity contribution is -0.114. The number of aromatic amines is 1. The molecule has 0 aliphatic rings. The van der Waals surface area contributed by atoms with Gasteiger partial charge in [-0.15, -0.1) is 0 Å². The molecule has 0 radical (unpaired) electrons. The molecule has 2 amide bonds. The number of aromatic nitrogens is 2. The van der Waals surface area contributed by atoms with Crippen molar-refractivity contribution in [3.05, 3.63) is 52.7 Å². The minimum atomic E-state index is -0.483. The van der Waals surface area contributed by atoms with Crippen molar-refractivity contribution in [3.63, 3.8) is 0 Å². The molecule has 0 atom stereocenters. The van der Waals surface area contributed by atoms with Crippen LogP contribution in [0.4, 0.5) is 11.4 Å². The summed E-state index contributed by atoms with van der Waals surface area (Å²) in [5.41, 5.74) is 0.793. The third-order valence-corrected chi connectivity index (χ3v) is 2.37. The molecule has 0 aliphatic heterocycles. The molecule has 0 aliphatic carbocycles. The van der Waals surface area contributed by atoms with Gasteiger partial charge >= 0.3 is 0 Å². The number of benzene rings is 1. The van der Waals surface area contributed by atoms with E-state index in [9.17, 15) is 14.4 Å². The number of H-pyrrole nitrogens is 1. The lowest BCUT2D eigenvalue weighted by atomic mass is 10.2. The first kappa shape index (κ1) is 13.5. The molecule has 2 aromatic rings. The molecule has 1 heterocycles. The highest BCUT2D eigenvalue weighted by Gasteiger charge is 2.08. The Balaban J connectivity index is 2.08. The largest absolute Gasteiger partial charge is 0.326 e. The number of carbonyl (C=O) groups is 2. The Morgan fingerprint density at radius 1 is 1.10 bits per heavy atom. The van der Waals surface area contributed by atoms with Gasteiger partial charge in [-0.1, -0.05) is 0 Å². The average molecular weight is 272 g/mol. The van der Waals surface area contributed by atoms with E-state index in [0.29, 0.717) is 11.4 Å². The number of nitrogens with zero attached hydrogens (tertiary/aromatic N) is 1. The van der Waals surface area contributed by atoms with Crippen molar-refractivity contribution in [2.75, 3.05) is 10.6 Å². The van der Waals surface area contributed by atoms with E-state index in [4.69, 9.17) is 0 Å². The third-order valence-electron chi connectivity index (χ3n) is 2.37. The summed E-state index contributed by atoms with van der Waals surface area (Å²) in [6.45, 7) is 1.41. The van der Waals surface area contributed by atoms with E-state index in [-0.39, 0.29) is 11.6 Å². The average Bonchev–Trinajstić information content (AvgIpc) is 2.40. The molecule has 0 fully saturated rings. The van der Waals surface area contributed by atoms with Crippen molar-refractivity contribution < 1.29 is 9.59 Å². The Bertz CT molecular complexity index is 691. The second-order valence-corrected chi connectivity index (χ2v) is 4.01. The fourth-order valence-electron chi connectivity index (χ4n) is 1.53. The van der Waals surface area contributed by atoms with Gasteiger partial charge in [0, 0.05) is 24.4 Å². The fraction of sp³-hybridized carbons (Fsp3) is 0.0769. The van der Waals surface area contributed by atoms with Gasteiger partial charge in [-0.25, -0.2) is 4.98 Å². The molecule has 0 bridgehead atoms. The van der Waals surface area contributed by atoms with Gasteiger partial charge in [0.15, 0.2) is 0 Å². The molecule has 7 nitrogen and oxygen atoms in total. The van der Waals surface area contributed by atoms with Crippen molar-refractivity contribution >= 4 is 23.2 Å². The van der Waals surface area contributed by atoms with Crippen LogP contribution in [0.1, 0.15) is 17.4 Å². The van der Waals surface area contributed by atoms with Gasteiger partial charge in [0.1, 0.15) is 5.69 Å². The number of hydrogen-bond donors (Lipinski definition) is 3. The summed E-state index contributed by atoms with van der Waals surface area (Å²) in [5, 5.41) is 5.21. The van der Waals surface area contributed by atoms with Crippen molar-refractivity contribution in [2.45, 2.75) is 6.92 Å². The number of anilines is 2. The summed E-state index contributed by atoms with van der Waals surface area (Å²) in [4.78, 5) is 39.9. The van der Waals surface area contributed by atoms with Crippen LogP contribution >= 0.6 is 0 Å². The van der Waals surface area contributed by atoms with Crippen molar-refractivity contribution in [1.82, 2.24) is 9.97 Å². The molecule has 20 heavy (non-hydrogen) atoms. The summed E-state index contributed by atoms with van der Waals surface area (Å²) in [6, 6.07) is 7.69. The normalized spacial score (nSPS) is 9.85. The molecule has 0 saturated carbocycles. The van der Waals surface area contributed by atoms with Gasteiger partial charge in [0.25, 0.3) is 11.5 Å². The van der Waals surface area contributed by atoms with Crippen LogP contribution in [0.2, 0.25) is 0 Å². The van der Waals surface area contributed by atoms with Gasteiger partial charge < -0.3 is 15.6 Å². The van der Waals surface area contributed by atoms with Crippen LogP contribution in [0.3, 0.4) is 0 Å². The molecule has 2 rings (SSSR count). The molecule has 7 heteroatoms. The Morgan fingerprint density at radius 3 is 2.25 bits per heavy atom. The van der Waals surface area contributed by atoms with Gasteiger partial charge in [0.2, 0.25) is 5.91 Å². The molecule has 3 N–H and O–H groups in total. The molecule has 1 aromatic carbocycles. The molecule has 0 unspecified atom stereocenters. The first-order valence-electron chi connectivity index (χ1n) is 5.78. The first-order valence-corrected chi connectivity index (χ1v) is 5.78. The van der Waals surface area contributed by atoms with Crippen molar-refractivity contribution in [2.24, 2.45) is 0 Å². The monoisotopic (exact) mass is 272 g/mol. The lowest BCUT2D eigenvalue weighted by Crippen LogP contribution is -2.17. The smallest absolute Gasteiger partial charge is 0.274 e. The van der Waals surface area contributed by atoms with Crippen LogP contribution in [0.5, 0.6) is 0 Å². The van der Waals surface area contributed by atoms with Crippen LogP contribution in [0, 0.1) is 0 Å². The minimum Gasteiger partial charge on any atom is -0.326 e. The number of nitrogens with one attached hydrogen (secondary N) is 3. The van der Waals surface area contributed by atoms with E-state index in [1.54, 1.807) is 24.3 Å². The van der Waals surface area contributed by atoms with Gasteiger partial charge in [-0.05, 0) is 24.3 Å². The van der Waals surface area contributed by atoms with Crippen LogP contribution in [-0.2, 0) is 4.79 Å². The first-order chi connectivity index (χ1) is 9.54. The maximum absolute atomic E-state index is 11.8. The molecular formula is C13H12N4O3. The molecule has 0 saturated heterocycles. The van der Waals surface area contributed by atoms with Crippen molar-refractivity contribution in [3.8, 4) is 0 Å². The Kier molecular flexibility index (Phi) is 3.90. The summed E-state index contributed by atoms with van der Waals surface area (Å²) in [5.74, 6) is -0.655. The minimum absolute atomic E-state index is 0.0275. The Hall–Kier alpha value is -2.96. The highest BCUT2D eigenvalue weighted by molar-refractivity contribution is 6.02. The highest BCUT2D eigenvalue weighted by atomic mass is 16.2. The molecule has 102 valence electrons. The summed E-state index contributed by atoms with van der Waals surface area (Å²) >= 11 is 0. The zero-order valence-electron chi connectivity index (χ0n) is 10.6. The SMILES string of the molecule is CC(=O)Nc1ccc(NC(=O)c2cc(=O)[nH]cn2)cc1. The number of hydrogen-bond acceptors (Lipinski definition) is 4. The van der Waals surface area contributed by atoms with Gasteiger partial charge in [-0.3, -0.25) is 14.4 Å². The number of carbonyl (C=O) groups excluding carboxylic acids is 2. The summed E-state index contributed by atoms with van der Waals surface area (Å²) in [7, 11) is 0. The summed E-state index contributed by atoms with van der Waals surface area (Å²) in [6.07, 6.45) is 1.16. The van der Waals surface area contributed by atoms with E-state index in [1.807, 2.05) is 0 Å². The fourth-order valence-corrected chi connectivity index (χ4v) is 1.53. The lowest BCUT2D eigenvalue weighted by Gasteiger charge is -2.06. The zero-order valence-corrected chi connectivity index (χ0v) is 10.6. The standard InChI is InChI=1S/C13H12N4O3/c1-8(18)16-9-2-4-10(5-3-9)17-13(20)11-6-12(19)15-7-14-11/h2-7H,1H3,(H,16,18)(H,17,20)(H,14,15,19). The quantitative estimate of drug-likeness (QED) is 0.774. The molecule has 1 aromatic heterocycles. The highest BCUT2D eigenvalue weighted by Crippen LogP contribution is 2.14. The third kappa shape index (κ3) is 3.52. The second kappa shape index (κ2) is 5.79. The van der Waals surface area contributed by atoms with Crippen molar-refractivity contribution in [1.29, 1.82) is 0 Å². The van der Waals surface area contributed by atoms with E-state index in [0.717, 1.165) is 12.4 Å². The molecular weight excluding hydrogens is 260 g/mol. The zero-order chi connectivity index (χ0) is 14.5. The summed E-state index contributed by atoms with van der Waals surface area (Å²) < 4.78 is 0. The van der Waals surface area contributed by atoms with Gasteiger partial charge in [-0.2, -0.15) is 0 Å². The second-order valence-electron chi connectivity index (χ2n) is 4.01. The van der Waals surface area contributed by atoms with Crippen LogP contribution in [0.25, 0.3) is 0 Å². The number of amides is 2. The van der Waals surface area contributed by atoms with Gasteiger partial charge in [0.05, 0.1) is 6.33 Å². The Morgan fingerprint density at radius 2 is 1.70 bits per heavy atom. The maximum Gasteiger partial charge on any atom is 0.274 e.